The van der Waals surface area contributed by atoms with Crippen molar-refractivity contribution in [3.8, 4) is 0 Å². The maximum Gasteiger partial charge on any atom is 0.292 e. The molecule has 3 aromatic heterocycles. The fourth-order valence-corrected chi connectivity index (χ4v) is 3.46. The van der Waals surface area contributed by atoms with Gasteiger partial charge in [-0.15, -0.1) is 0 Å². The molecule has 8 nitrogen and oxygen atoms in total. The second-order valence-corrected chi connectivity index (χ2v) is 7.07. The van der Waals surface area contributed by atoms with Gasteiger partial charge in [0.15, 0.2) is 5.76 Å². The van der Waals surface area contributed by atoms with E-state index in [1.807, 2.05) is 26.0 Å². The second kappa shape index (κ2) is 8.28. The van der Waals surface area contributed by atoms with Gasteiger partial charge in [0.05, 0.1) is 11.3 Å². The zero-order valence-electron chi connectivity index (χ0n) is 16.7. The minimum absolute atomic E-state index is 0.233. The molecule has 2 amide bonds. The molecule has 0 saturated carbocycles. The van der Waals surface area contributed by atoms with Crippen molar-refractivity contribution >= 4 is 23.3 Å². The van der Waals surface area contributed by atoms with Gasteiger partial charge in [-0.25, -0.2) is 10.4 Å². The van der Waals surface area contributed by atoms with Gasteiger partial charge in [-0.1, -0.05) is 6.07 Å². The van der Waals surface area contributed by atoms with Crippen molar-refractivity contribution in [1.82, 2.24) is 15.4 Å². The Morgan fingerprint density at radius 1 is 1.10 bits per heavy atom. The Labute approximate surface area is 173 Å². The highest BCUT2D eigenvalue weighted by Gasteiger charge is 2.28. The van der Waals surface area contributed by atoms with Crippen LogP contribution in [0, 0.1) is 13.8 Å². The van der Waals surface area contributed by atoms with Crippen LogP contribution < -0.4 is 10.7 Å². The van der Waals surface area contributed by atoms with Crippen LogP contribution in [0.25, 0.3) is 0 Å². The summed E-state index contributed by atoms with van der Waals surface area (Å²) in [5.41, 5.74) is 5.99. The average molecular weight is 403 g/mol. The van der Waals surface area contributed by atoms with E-state index < -0.39 is 0 Å². The summed E-state index contributed by atoms with van der Waals surface area (Å²) in [7, 11) is 0. The van der Waals surface area contributed by atoms with Crippen LogP contribution in [0.4, 0.5) is 5.82 Å². The van der Waals surface area contributed by atoms with Gasteiger partial charge in [-0.3, -0.25) is 14.6 Å². The Morgan fingerprint density at radius 3 is 2.73 bits per heavy atom. The summed E-state index contributed by atoms with van der Waals surface area (Å²) >= 11 is 0. The number of anilines is 1. The number of carbonyl (C=O) groups excluding carboxylic acids is 2. The Kier molecular flexibility index (Phi) is 5.38. The Morgan fingerprint density at radius 2 is 1.97 bits per heavy atom. The molecule has 0 bridgehead atoms. The van der Waals surface area contributed by atoms with Crippen LogP contribution in [0.1, 0.15) is 56.3 Å². The highest BCUT2D eigenvalue weighted by Crippen LogP contribution is 2.30. The van der Waals surface area contributed by atoms with Crippen molar-refractivity contribution < 1.29 is 14.0 Å². The minimum atomic E-state index is -0.362. The van der Waals surface area contributed by atoms with Gasteiger partial charge in [0.1, 0.15) is 11.6 Å². The maximum atomic E-state index is 12.8. The first-order chi connectivity index (χ1) is 14.5. The first-order valence-electron chi connectivity index (χ1n) is 9.67. The highest BCUT2D eigenvalue weighted by molar-refractivity contribution is 6.09. The molecular weight excluding hydrogens is 382 g/mol. The topological polar surface area (TPSA) is 109 Å². The first kappa shape index (κ1) is 19.5. The van der Waals surface area contributed by atoms with E-state index >= 15 is 0 Å². The Hall–Kier alpha value is -3.81. The average Bonchev–Trinajstić information content (AvgIpc) is 3.10. The molecule has 30 heavy (non-hydrogen) atoms. The smallest absolute Gasteiger partial charge is 0.292 e. The molecule has 3 heterocycles. The van der Waals surface area contributed by atoms with E-state index in [1.165, 1.54) is 6.20 Å². The summed E-state index contributed by atoms with van der Waals surface area (Å²) in [4.78, 5) is 33.3. The molecule has 1 aliphatic carbocycles. The molecule has 0 fully saturated rings. The van der Waals surface area contributed by atoms with E-state index in [2.05, 4.69) is 25.8 Å². The van der Waals surface area contributed by atoms with Gasteiger partial charge >= 0.3 is 0 Å². The molecule has 1 aliphatic rings. The summed E-state index contributed by atoms with van der Waals surface area (Å²) in [6, 6.07) is 8.77. The van der Waals surface area contributed by atoms with Crippen molar-refractivity contribution in [3.05, 3.63) is 76.6 Å². The number of furan rings is 1. The number of aryl methyl sites for hydroxylation is 2. The van der Waals surface area contributed by atoms with Crippen LogP contribution in [0.3, 0.4) is 0 Å². The van der Waals surface area contributed by atoms with E-state index in [4.69, 9.17) is 4.42 Å². The number of hydrogen-bond acceptors (Lipinski definition) is 6. The molecule has 0 atom stereocenters. The Balaban J connectivity index is 1.57. The van der Waals surface area contributed by atoms with E-state index in [0.29, 0.717) is 41.3 Å². The third-order valence-corrected chi connectivity index (χ3v) is 4.88. The van der Waals surface area contributed by atoms with Gasteiger partial charge in [-0.05, 0) is 51.0 Å². The van der Waals surface area contributed by atoms with E-state index in [-0.39, 0.29) is 17.6 Å². The lowest BCUT2D eigenvalue weighted by molar-refractivity contribution is 0.0953. The van der Waals surface area contributed by atoms with Crippen molar-refractivity contribution in [3.63, 3.8) is 0 Å². The second-order valence-electron chi connectivity index (χ2n) is 7.07. The maximum absolute atomic E-state index is 12.8. The van der Waals surface area contributed by atoms with E-state index in [9.17, 15) is 9.59 Å². The van der Waals surface area contributed by atoms with E-state index in [0.717, 1.165) is 17.7 Å². The summed E-state index contributed by atoms with van der Waals surface area (Å²) in [5, 5.41) is 7.09. The number of hydrogen-bond donors (Lipinski definition) is 2. The number of pyridine rings is 2. The lowest BCUT2D eigenvalue weighted by Gasteiger charge is -2.13. The number of nitrogens with one attached hydrogen (secondary N) is 2. The predicted octanol–water partition coefficient (Wildman–Crippen LogP) is 3.41. The number of aromatic nitrogens is 2. The van der Waals surface area contributed by atoms with Crippen molar-refractivity contribution in [1.29, 1.82) is 0 Å². The summed E-state index contributed by atoms with van der Waals surface area (Å²) < 4.78 is 5.88. The molecule has 3 aromatic rings. The zero-order valence-corrected chi connectivity index (χ0v) is 16.7. The molecule has 4 rings (SSSR count). The summed E-state index contributed by atoms with van der Waals surface area (Å²) in [5.74, 6) is 0.699. The summed E-state index contributed by atoms with van der Waals surface area (Å²) in [6.07, 6.45) is 5.29. The quantitative estimate of drug-likeness (QED) is 0.649. The lowest BCUT2D eigenvalue weighted by Crippen LogP contribution is -2.22. The molecule has 0 aromatic carbocycles. The van der Waals surface area contributed by atoms with Gasteiger partial charge in [-0.2, -0.15) is 5.10 Å². The molecule has 0 radical (unpaired) electrons. The first-order valence-corrected chi connectivity index (χ1v) is 9.67. The fourth-order valence-electron chi connectivity index (χ4n) is 3.46. The zero-order chi connectivity index (χ0) is 21.1. The van der Waals surface area contributed by atoms with Crippen LogP contribution >= 0.6 is 0 Å². The van der Waals surface area contributed by atoms with Gasteiger partial charge in [0.2, 0.25) is 0 Å². The summed E-state index contributed by atoms with van der Waals surface area (Å²) in [6.45, 7) is 3.68. The van der Waals surface area contributed by atoms with Crippen molar-refractivity contribution in [2.75, 3.05) is 5.32 Å². The van der Waals surface area contributed by atoms with Gasteiger partial charge in [0.25, 0.3) is 11.8 Å². The monoisotopic (exact) mass is 403 g/mol. The van der Waals surface area contributed by atoms with Crippen LogP contribution in [-0.2, 0) is 6.42 Å². The molecule has 0 aliphatic heterocycles. The molecular formula is C22H21N5O3. The molecule has 8 heteroatoms. The minimum Gasteiger partial charge on any atom is -0.455 e. The number of amides is 2. The normalized spacial score (nSPS) is 14.3. The van der Waals surface area contributed by atoms with Crippen molar-refractivity contribution in [2.45, 2.75) is 33.1 Å². The van der Waals surface area contributed by atoms with Crippen LogP contribution in [0.5, 0.6) is 0 Å². The third kappa shape index (κ3) is 3.98. The van der Waals surface area contributed by atoms with Crippen LogP contribution in [0.15, 0.2) is 52.2 Å². The van der Waals surface area contributed by atoms with Gasteiger partial charge in [0, 0.05) is 35.6 Å². The fraction of sp³-hybridized carbons (Fsp3) is 0.227. The standard InChI is InChI=1S/C22H21N5O3/c1-13-6-3-10-18(24-13)25-22(29)20-14(2)19-16(8-4-9-17(19)30-20)26-27-21(28)15-7-5-11-23-12-15/h3,5-7,10-12H,4,8-9H2,1-2H3,(H,27,28)(H,24,25,29)/b26-16+. The molecule has 152 valence electrons. The Bertz CT molecular complexity index is 1130. The molecule has 0 spiro atoms. The molecule has 0 saturated heterocycles. The predicted molar refractivity (Wildman–Crippen MR) is 112 cm³/mol. The van der Waals surface area contributed by atoms with E-state index in [1.54, 1.807) is 24.4 Å². The number of fused-ring (bicyclic) bond motifs is 1. The van der Waals surface area contributed by atoms with Crippen molar-refractivity contribution in [2.24, 2.45) is 5.10 Å². The number of carbonyl (C=O) groups is 2. The number of nitrogens with zero attached hydrogens (tertiary/aromatic N) is 3. The molecule has 0 unspecified atom stereocenters. The SMILES string of the molecule is Cc1cccc(NC(=O)c2oc3c(c2C)/C(=N/NC(=O)c2cccnc2)CCC3)n1. The third-order valence-electron chi connectivity index (χ3n) is 4.88. The largest absolute Gasteiger partial charge is 0.455 e. The number of hydrazone groups is 1. The lowest BCUT2D eigenvalue weighted by atomic mass is 9.93. The number of rotatable bonds is 4. The van der Waals surface area contributed by atoms with Crippen LogP contribution in [-0.4, -0.2) is 27.5 Å². The van der Waals surface area contributed by atoms with Gasteiger partial charge < -0.3 is 9.73 Å². The molecule has 2 N–H and O–H groups in total. The highest BCUT2D eigenvalue weighted by atomic mass is 16.4. The van der Waals surface area contributed by atoms with Crippen LogP contribution in [0.2, 0.25) is 0 Å².